The lowest BCUT2D eigenvalue weighted by Crippen LogP contribution is -2.01. The summed E-state index contributed by atoms with van der Waals surface area (Å²) in [5, 5.41) is 2.84. The van der Waals surface area contributed by atoms with Crippen molar-refractivity contribution in [1.82, 2.24) is 4.98 Å². The van der Waals surface area contributed by atoms with Gasteiger partial charge < -0.3 is 14.2 Å². The van der Waals surface area contributed by atoms with Crippen LogP contribution in [0.25, 0.3) is 16.6 Å². The summed E-state index contributed by atoms with van der Waals surface area (Å²) >= 11 is 1.54. The van der Waals surface area contributed by atoms with Gasteiger partial charge in [-0.15, -0.1) is 11.3 Å². The van der Waals surface area contributed by atoms with Crippen LogP contribution in [0.5, 0.6) is 11.5 Å². The molecule has 3 aromatic rings. The lowest BCUT2D eigenvalue weighted by molar-refractivity contribution is -0.139. The Labute approximate surface area is 173 Å². The van der Waals surface area contributed by atoms with Gasteiger partial charge in [-0.1, -0.05) is 44.2 Å². The first-order valence-corrected chi connectivity index (χ1v) is 10.3. The molecule has 1 aromatic heterocycles. The van der Waals surface area contributed by atoms with Crippen LogP contribution in [-0.4, -0.2) is 17.7 Å². The molecule has 0 amide bonds. The zero-order chi connectivity index (χ0) is 20.2. The molecule has 0 N–H and O–H groups in total. The van der Waals surface area contributed by atoms with E-state index in [1.165, 1.54) is 11.6 Å². The van der Waals surface area contributed by atoms with Crippen molar-refractivity contribution in [2.24, 2.45) is 0 Å². The number of carbonyl (C=O) groups is 1. The molecular weight excluding hydrogens is 386 g/mol. The van der Waals surface area contributed by atoms with Gasteiger partial charge in [-0.3, -0.25) is 0 Å². The molecule has 6 heteroatoms. The molecule has 0 unspecified atom stereocenters. The summed E-state index contributed by atoms with van der Waals surface area (Å²) in [4.78, 5) is 16.6. The molecule has 2 aromatic carbocycles. The second-order valence-corrected chi connectivity index (χ2v) is 7.83. The smallest absolute Gasteiger partial charge is 0.331 e. The molecule has 2 heterocycles. The van der Waals surface area contributed by atoms with Gasteiger partial charge in [0.05, 0.1) is 5.69 Å². The Kier molecular flexibility index (Phi) is 5.62. The van der Waals surface area contributed by atoms with Crippen molar-refractivity contribution in [3.8, 4) is 22.1 Å². The molecule has 1 aliphatic heterocycles. The predicted molar refractivity (Wildman–Crippen MR) is 113 cm³/mol. The number of benzene rings is 2. The molecule has 0 saturated carbocycles. The molecule has 0 bridgehead atoms. The molecule has 0 fully saturated rings. The first-order valence-electron chi connectivity index (χ1n) is 9.38. The van der Waals surface area contributed by atoms with Crippen LogP contribution in [0, 0.1) is 0 Å². The van der Waals surface area contributed by atoms with E-state index in [1.807, 2.05) is 23.6 Å². The highest BCUT2D eigenvalue weighted by atomic mass is 32.1. The number of ether oxygens (including phenoxy) is 3. The van der Waals surface area contributed by atoms with Gasteiger partial charge >= 0.3 is 5.97 Å². The van der Waals surface area contributed by atoms with Gasteiger partial charge in [0.15, 0.2) is 11.5 Å². The standard InChI is InChI=1S/C23H21NO4S/c1-15(2)17-5-7-18(8-6-17)23-24-19(13-29-23)12-26-22(25)10-4-16-3-9-20-21(11-16)28-14-27-20/h3-11,13,15H,12,14H2,1-2H3/b10-4+. The van der Waals surface area contributed by atoms with Crippen molar-refractivity contribution in [2.45, 2.75) is 26.4 Å². The quantitative estimate of drug-likeness (QED) is 0.403. The maximum absolute atomic E-state index is 12.0. The van der Waals surface area contributed by atoms with Gasteiger partial charge in [-0.05, 0) is 35.3 Å². The summed E-state index contributed by atoms with van der Waals surface area (Å²) in [5.41, 5.74) is 3.95. The van der Waals surface area contributed by atoms with Crippen LogP contribution < -0.4 is 9.47 Å². The first-order chi connectivity index (χ1) is 14.1. The van der Waals surface area contributed by atoms with Crippen LogP contribution in [0.1, 0.15) is 36.6 Å². The minimum atomic E-state index is -0.418. The zero-order valence-corrected chi connectivity index (χ0v) is 17.1. The average Bonchev–Trinajstić information content (AvgIpc) is 3.39. The van der Waals surface area contributed by atoms with Gasteiger partial charge in [0.2, 0.25) is 6.79 Å². The Morgan fingerprint density at radius 3 is 2.76 bits per heavy atom. The third-order valence-electron chi connectivity index (χ3n) is 4.55. The summed E-state index contributed by atoms with van der Waals surface area (Å²) in [6, 6.07) is 13.9. The molecule has 4 rings (SSSR count). The van der Waals surface area contributed by atoms with E-state index in [2.05, 4.69) is 43.1 Å². The minimum absolute atomic E-state index is 0.144. The average molecular weight is 407 g/mol. The van der Waals surface area contributed by atoms with Crippen LogP contribution >= 0.6 is 11.3 Å². The molecule has 0 radical (unpaired) electrons. The van der Waals surface area contributed by atoms with Gasteiger partial charge in [-0.2, -0.15) is 0 Å². The molecule has 5 nitrogen and oxygen atoms in total. The summed E-state index contributed by atoms with van der Waals surface area (Å²) in [6.45, 7) is 4.71. The Hall–Kier alpha value is -3.12. The lowest BCUT2D eigenvalue weighted by Gasteiger charge is -2.05. The maximum atomic E-state index is 12.0. The van der Waals surface area contributed by atoms with E-state index in [1.54, 1.807) is 17.4 Å². The topological polar surface area (TPSA) is 57.7 Å². The highest BCUT2D eigenvalue weighted by molar-refractivity contribution is 7.13. The zero-order valence-electron chi connectivity index (χ0n) is 16.3. The van der Waals surface area contributed by atoms with Crippen molar-refractivity contribution in [2.75, 3.05) is 6.79 Å². The van der Waals surface area contributed by atoms with Crippen LogP contribution in [0.4, 0.5) is 0 Å². The van der Waals surface area contributed by atoms with Crippen LogP contribution in [0.3, 0.4) is 0 Å². The molecule has 0 aliphatic carbocycles. The van der Waals surface area contributed by atoms with Crippen molar-refractivity contribution in [3.05, 3.63) is 70.7 Å². The molecule has 0 atom stereocenters. The van der Waals surface area contributed by atoms with Gasteiger partial charge in [0, 0.05) is 17.0 Å². The molecule has 148 valence electrons. The van der Waals surface area contributed by atoms with E-state index in [9.17, 15) is 4.79 Å². The third-order valence-corrected chi connectivity index (χ3v) is 5.49. The number of esters is 1. The summed E-state index contributed by atoms with van der Waals surface area (Å²) < 4.78 is 15.9. The Balaban J connectivity index is 1.33. The Bertz CT molecular complexity index is 1040. The van der Waals surface area contributed by atoms with Crippen LogP contribution in [0.15, 0.2) is 53.9 Å². The van der Waals surface area contributed by atoms with Crippen LogP contribution in [0.2, 0.25) is 0 Å². The number of fused-ring (bicyclic) bond motifs is 1. The fraction of sp³-hybridized carbons (Fsp3) is 0.217. The summed E-state index contributed by atoms with van der Waals surface area (Å²) in [7, 11) is 0. The Morgan fingerprint density at radius 2 is 1.97 bits per heavy atom. The van der Waals surface area contributed by atoms with E-state index in [4.69, 9.17) is 14.2 Å². The van der Waals surface area contributed by atoms with Crippen molar-refractivity contribution >= 4 is 23.4 Å². The molecule has 29 heavy (non-hydrogen) atoms. The number of thiazole rings is 1. The highest BCUT2D eigenvalue weighted by Crippen LogP contribution is 2.32. The summed E-state index contributed by atoms with van der Waals surface area (Å²) in [5.74, 6) is 1.47. The number of hydrogen-bond donors (Lipinski definition) is 0. The van der Waals surface area contributed by atoms with E-state index >= 15 is 0 Å². The van der Waals surface area contributed by atoms with E-state index in [0.717, 1.165) is 21.8 Å². The normalized spacial score (nSPS) is 12.7. The second-order valence-electron chi connectivity index (χ2n) is 6.97. The molecule has 0 spiro atoms. The largest absolute Gasteiger partial charge is 0.456 e. The fourth-order valence-corrected chi connectivity index (χ4v) is 3.70. The number of nitrogens with zero attached hydrogens (tertiary/aromatic N) is 1. The number of rotatable bonds is 6. The van der Waals surface area contributed by atoms with Crippen molar-refractivity contribution < 1.29 is 19.0 Å². The number of hydrogen-bond acceptors (Lipinski definition) is 6. The van der Waals surface area contributed by atoms with Crippen LogP contribution in [-0.2, 0) is 16.1 Å². The third kappa shape index (κ3) is 4.66. The first kappa shape index (κ1) is 19.2. The molecular formula is C23H21NO4S. The SMILES string of the molecule is CC(C)c1ccc(-c2nc(COC(=O)/C=C/c3ccc4c(c3)OCO4)cs2)cc1. The van der Waals surface area contributed by atoms with E-state index < -0.39 is 5.97 Å². The summed E-state index contributed by atoms with van der Waals surface area (Å²) in [6.07, 6.45) is 3.09. The highest BCUT2D eigenvalue weighted by Gasteiger charge is 2.12. The minimum Gasteiger partial charge on any atom is -0.456 e. The van der Waals surface area contributed by atoms with Gasteiger partial charge in [0.1, 0.15) is 11.6 Å². The van der Waals surface area contributed by atoms with Gasteiger partial charge in [0.25, 0.3) is 0 Å². The van der Waals surface area contributed by atoms with Gasteiger partial charge in [-0.25, -0.2) is 9.78 Å². The molecule has 1 aliphatic rings. The number of aromatic nitrogens is 1. The van der Waals surface area contributed by atoms with E-state index in [0.29, 0.717) is 17.4 Å². The molecule has 0 saturated heterocycles. The van der Waals surface area contributed by atoms with E-state index in [-0.39, 0.29) is 13.4 Å². The maximum Gasteiger partial charge on any atom is 0.331 e. The lowest BCUT2D eigenvalue weighted by atomic mass is 10.0. The second kappa shape index (κ2) is 8.49. The Morgan fingerprint density at radius 1 is 1.17 bits per heavy atom. The van der Waals surface area contributed by atoms with Crippen molar-refractivity contribution in [1.29, 1.82) is 0 Å². The number of carbonyl (C=O) groups excluding carboxylic acids is 1. The fourth-order valence-electron chi connectivity index (χ4n) is 2.89. The monoisotopic (exact) mass is 407 g/mol. The predicted octanol–water partition coefficient (Wildman–Crippen LogP) is 5.42. The van der Waals surface area contributed by atoms with Crippen molar-refractivity contribution in [3.63, 3.8) is 0 Å².